The van der Waals surface area contributed by atoms with Crippen LogP contribution in [0.4, 0.5) is 5.69 Å². The molecule has 0 heterocycles. The highest BCUT2D eigenvalue weighted by molar-refractivity contribution is 5.96. The first-order chi connectivity index (χ1) is 9.83. The quantitative estimate of drug-likeness (QED) is 0.846. The lowest BCUT2D eigenvalue weighted by atomic mass is 10.0. The third-order valence-corrected chi connectivity index (χ3v) is 3.25. The summed E-state index contributed by atoms with van der Waals surface area (Å²) in [6.45, 7) is 3.19. The Kier molecular flexibility index (Phi) is 3.84. The van der Waals surface area contributed by atoms with Gasteiger partial charge in [0.1, 0.15) is 5.54 Å². The molecule has 0 aromatic heterocycles. The Morgan fingerprint density at radius 3 is 2.33 bits per heavy atom. The molecule has 2 N–H and O–H groups in total. The van der Waals surface area contributed by atoms with E-state index >= 15 is 0 Å². The van der Waals surface area contributed by atoms with E-state index in [1.165, 1.54) is 7.11 Å². The second-order valence-corrected chi connectivity index (χ2v) is 5.32. The van der Waals surface area contributed by atoms with Crippen LogP contribution >= 0.6 is 0 Å². The summed E-state index contributed by atoms with van der Waals surface area (Å²) in [6.07, 6.45) is 0. The monoisotopic (exact) mass is 287 g/mol. The molecule has 2 aromatic carbocycles. The number of anilines is 1. The molecule has 2 rings (SSSR count). The van der Waals surface area contributed by atoms with Crippen molar-refractivity contribution in [1.82, 2.24) is 0 Å². The number of fused-ring (bicyclic) bond motifs is 1. The Morgan fingerprint density at radius 2 is 1.71 bits per heavy atom. The number of carboxylic acid groups (broad SMARTS) is 1. The summed E-state index contributed by atoms with van der Waals surface area (Å²) in [6, 6.07) is 10.7. The van der Waals surface area contributed by atoms with Crippen LogP contribution in [0.15, 0.2) is 36.4 Å². The van der Waals surface area contributed by atoms with E-state index < -0.39 is 11.5 Å². The van der Waals surface area contributed by atoms with Crippen molar-refractivity contribution in [1.29, 1.82) is 0 Å². The summed E-state index contributed by atoms with van der Waals surface area (Å²) in [4.78, 5) is 22.6. The van der Waals surface area contributed by atoms with E-state index in [2.05, 4.69) is 10.1 Å². The Bertz CT molecular complexity index is 706. The van der Waals surface area contributed by atoms with Gasteiger partial charge in [0, 0.05) is 5.69 Å². The number of carbonyl (C=O) groups is 2. The number of hydrogen-bond donors (Lipinski definition) is 2. The minimum absolute atomic E-state index is 0.383. The van der Waals surface area contributed by atoms with Crippen molar-refractivity contribution in [2.75, 3.05) is 12.4 Å². The van der Waals surface area contributed by atoms with E-state index in [4.69, 9.17) is 5.11 Å². The van der Waals surface area contributed by atoms with Gasteiger partial charge in [0.15, 0.2) is 0 Å². The van der Waals surface area contributed by atoms with Crippen molar-refractivity contribution < 1.29 is 19.4 Å². The van der Waals surface area contributed by atoms with Crippen LogP contribution < -0.4 is 5.32 Å². The lowest BCUT2D eigenvalue weighted by Crippen LogP contribution is -2.39. The van der Waals surface area contributed by atoms with E-state index in [1.807, 2.05) is 12.1 Å². The molecule has 21 heavy (non-hydrogen) atoms. The summed E-state index contributed by atoms with van der Waals surface area (Å²) in [5.41, 5.74) is 0.136. The largest absolute Gasteiger partial charge is 0.480 e. The van der Waals surface area contributed by atoms with Crippen molar-refractivity contribution >= 4 is 28.4 Å². The van der Waals surface area contributed by atoms with Crippen LogP contribution in [0.5, 0.6) is 0 Å². The highest BCUT2D eigenvalue weighted by Crippen LogP contribution is 2.23. The van der Waals surface area contributed by atoms with Gasteiger partial charge in [0.2, 0.25) is 0 Å². The Morgan fingerprint density at radius 1 is 1.10 bits per heavy atom. The number of esters is 1. The standard InChI is InChI=1S/C16H17NO4/c1-16(2,15(19)20)17-13-7-6-10-8-12(14(18)21-3)5-4-11(10)9-13/h4-9,17H,1-3H3,(H,19,20). The van der Waals surface area contributed by atoms with Gasteiger partial charge in [-0.05, 0) is 48.9 Å². The average Bonchev–Trinajstić information content (AvgIpc) is 2.45. The molecular weight excluding hydrogens is 270 g/mol. The van der Waals surface area contributed by atoms with Gasteiger partial charge in [0.25, 0.3) is 0 Å². The Balaban J connectivity index is 2.35. The zero-order valence-corrected chi connectivity index (χ0v) is 12.1. The van der Waals surface area contributed by atoms with Gasteiger partial charge in [-0.25, -0.2) is 9.59 Å². The van der Waals surface area contributed by atoms with Gasteiger partial charge in [-0.3, -0.25) is 0 Å². The zero-order valence-electron chi connectivity index (χ0n) is 12.1. The smallest absolute Gasteiger partial charge is 0.337 e. The fourth-order valence-electron chi connectivity index (χ4n) is 1.98. The van der Waals surface area contributed by atoms with Crippen LogP contribution in [0.25, 0.3) is 10.8 Å². The van der Waals surface area contributed by atoms with Crippen LogP contribution in [0.1, 0.15) is 24.2 Å². The topological polar surface area (TPSA) is 75.6 Å². The molecule has 0 spiro atoms. The summed E-state index contributed by atoms with van der Waals surface area (Å²) in [5, 5.41) is 13.9. The first-order valence-corrected chi connectivity index (χ1v) is 6.47. The predicted molar refractivity (Wildman–Crippen MR) is 80.6 cm³/mol. The number of hydrogen-bond acceptors (Lipinski definition) is 4. The molecule has 2 aromatic rings. The number of ether oxygens (including phenoxy) is 1. The number of nitrogens with one attached hydrogen (secondary N) is 1. The second-order valence-electron chi connectivity index (χ2n) is 5.32. The maximum absolute atomic E-state index is 11.5. The van der Waals surface area contributed by atoms with E-state index in [9.17, 15) is 9.59 Å². The van der Waals surface area contributed by atoms with E-state index in [-0.39, 0.29) is 5.97 Å². The highest BCUT2D eigenvalue weighted by atomic mass is 16.5. The van der Waals surface area contributed by atoms with Crippen LogP contribution in [-0.4, -0.2) is 29.7 Å². The molecule has 0 saturated heterocycles. The predicted octanol–water partition coefficient (Wildman–Crippen LogP) is 2.90. The van der Waals surface area contributed by atoms with Gasteiger partial charge >= 0.3 is 11.9 Å². The molecule has 0 atom stereocenters. The number of carbonyl (C=O) groups excluding carboxylic acids is 1. The van der Waals surface area contributed by atoms with Gasteiger partial charge in [0.05, 0.1) is 12.7 Å². The molecule has 0 amide bonds. The maximum atomic E-state index is 11.5. The lowest BCUT2D eigenvalue weighted by Gasteiger charge is -2.22. The second kappa shape index (κ2) is 5.44. The highest BCUT2D eigenvalue weighted by Gasteiger charge is 2.26. The molecule has 5 nitrogen and oxygen atoms in total. The molecule has 0 saturated carbocycles. The molecular formula is C16H17NO4. The normalized spacial score (nSPS) is 11.2. The zero-order chi connectivity index (χ0) is 15.6. The van der Waals surface area contributed by atoms with Crippen molar-refractivity contribution in [2.45, 2.75) is 19.4 Å². The summed E-state index contributed by atoms with van der Waals surface area (Å²) < 4.78 is 4.68. The molecule has 0 aliphatic rings. The first-order valence-electron chi connectivity index (χ1n) is 6.47. The Hall–Kier alpha value is -2.56. The minimum Gasteiger partial charge on any atom is -0.480 e. The van der Waals surface area contributed by atoms with Crippen LogP contribution in [0.2, 0.25) is 0 Å². The third-order valence-electron chi connectivity index (χ3n) is 3.25. The fraction of sp³-hybridized carbons (Fsp3) is 0.250. The fourth-order valence-corrected chi connectivity index (χ4v) is 1.98. The molecule has 0 aliphatic heterocycles. The number of carboxylic acids is 1. The van der Waals surface area contributed by atoms with Gasteiger partial charge in [-0.1, -0.05) is 12.1 Å². The van der Waals surface area contributed by atoms with Gasteiger partial charge in [-0.15, -0.1) is 0 Å². The summed E-state index contributed by atoms with van der Waals surface area (Å²) in [7, 11) is 1.34. The number of benzene rings is 2. The average molecular weight is 287 g/mol. The molecule has 0 bridgehead atoms. The van der Waals surface area contributed by atoms with E-state index in [1.54, 1.807) is 38.1 Å². The molecule has 110 valence electrons. The summed E-state index contributed by atoms with van der Waals surface area (Å²) in [5.74, 6) is -1.31. The van der Waals surface area contributed by atoms with Crippen LogP contribution in [0.3, 0.4) is 0 Å². The first kappa shape index (κ1) is 14.8. The lowest BCUT2D eigenvalue weighted by molar-refractivity contribution is -0.141. The molecule has 0 aliphatic carbocycles. The van der Waals surface area contributed by atoms with Crippen LogP contribution in [-0.2, 0) is 9.53 Å². The molecule has 5 heteroatoms. The summed E-state index contributed by atoms with van der Waals surface area (Å²) >= 11 is 0. The molecule has 0 fully saturated rings. The van der Waals surface area contributed by atoms with E-state index in [0.717, 1.165) is 10.8 Å². The van der Waals surface area contributed by atoms with Gasteiger partial charge in [-0.2, -0.15) is 0 Å². The van der Waals surface area contributed by atoms with Gasteiger partial charge < -0.3 is 15.2 Å². The van der Waals surface area contributed by atoms with Crippen molar-refractivity contribution in [3.63, 3.8) is 0 Å². The van der Waals surface area contributed by atoms with Crippen molar-refractivity contribution in [3.8, 4) is 0 Å². The SMILES string of the molecule is COC(=O)c1ccc2cc(NC(C)(C)C(=O)O)ccc2c1. The van der Waals surface area contributed by atoms with Crippen molar-refractivity contribution in [3.05, 3.63) is 42.0 Å². The van der Waals surface area contributed by atoms with E-state index in [0.29, 0.717) is 11.3 Å². The minimum atomic E-state index is -1.06. The number of aliphatic carboxylic acids is 1. The van der Waals surface area contributed by atoms with Crippen molar-refractivity contribution in [2.24, 2.45) is 0 Å². The molecule has 0 radical (unpaired) electrons. The number of methoxy groups -OCH3 is 1. The third kappa shape index (κ3) is 3.13. The molecule has 0 unspecified atom stereocenters. The number of rotatable bonds is 4. The Labute approximate surface area is 122 Å². The maximum Gasteiger partial charge on any atom is 0.337 e. The van der Waals surface area contributed by atoms with Crippen LogP contribution in [0, 0.1) is 0 Å².